The maximum atomic E-state index is 13.1. The topological polar surface area (TPSA) is 54.0 Å². The van der Waals surface area contributed by atoms with Gasteiger partial charge in [0.05, 0.1) is 27.0 Å². The standard InChI is InChI=1S/C17H29O5P/c1-5-7-9-13-21-23(18,14-8-6-2)22-17-15(19-3)11-10-12-16(17)20-4/h10-12H,5-9,13-14H2,1-4H3. The van der Waals surface area contributed by atoms with Crippen molar-refractivity contribution in [2.75, 3.05) is 27.0 Å². The lowest BCUT2D eigenvalue weighted by atomic mass is 10.3. The Kier molecular flexibility index (Phi) is 9.12. The summed E-state index contributed by atoms with van der Waals surface area (Å²) in [7, 11) is -0.153. The molecule has 1 aromatic carbocycles. The van der Waals surface area contributed by atoms with E-state index in [-0.39, 0.29) is 0 Å². The maximum Gasteiger partial charge on any atom is 0.379 e. The summed E-state index contributed by atoms with van der Waals surface area (Å²) >= 11 is 0. The number of hydrogen-bond acceptors (Lipinski definition) is 5. The van der Waals surface area contributed by atoms with E-state index >= 15 is 0 Å². The second kappa shape index (κ2) is 10.6. The highest BCUT2D eigenvalue weighted by molar-refractivity contribution is 7.54. The van der Waals surface area contributed by atoms with Gasteiger partial charge in [0.2, 0.25) is 5.75 Å². The number of ether oxygens (including phenoxy) is 2. The summed E-state index contributed by atoms with van der Waals surface area (Å²) in [5.41, 5.74) is 0. The largest absolute Gasteiger partial charge is 0.493 e. The minimum atomic E-state index is -3.24. The van der Waals surface area contributed by atoms with Crippen LogP contribution in [0.2, 0.25) is 0 Å². The van der Waals surface area contributed by atoms with Crippen molar-refractivity contribution in [1.82, 2.24) is 0 Å². The van der Waals surface area contributed by atoms with Gasteiger partial charge in [0.15, 0.2) is 11.5 Å². The van der Waals surface area contributed by atoms with Crippen LogP contribution in [-0.4, -0.2) is 27.0 Å². The lowest BCUT2D eigenvalue weighted by Crippen LogP contribution is -2.06. The van der Waals surface area contributed by atoms with Crippen molar-refractivity contribution in [3.63, 3.8) is 0 Å². The molecule has 1 unspecified atom stereocenters. The van der Waals surface area contributed by atoms with E-state index in [1.165, 1.54) is 0 Å². The van der Waals surface area contributed by atoms with Crippen molar-refractivity contribution in [3.8, 4) is 17.2 Å². The van der Waals surface area contributed by atoms with Gasteiger partial charge < -0.3 is 14.0 Å². The minimum Gasteiger partial charge on any atom is -0.493 e. The molecular formula is C17H29O5P. The molecule has 0 aliphatic heterocycles. The Morgan fingerprint density at radius 2 is 1.57 bits per heavy atom. The van der Waals surface area contributed by atoms with Gasteiger partial charge in [0.25, 0.3) is 0 Å². The average Bonchev–Trinajstić information content (AvgIpc) is 2.57. The fraction of sp³-hybridized carbons (Fsp3) is 0.647. The summed E-state index contributed by atoms with van der Waals surface area (Å²) < 4.78 is 35.2. The summed E-state index contributed by atoms with van der Waals surface area (Å²) in [5.74, 6) is 1.31. The zero-order valence-electron chi connectivity index (χ0n) is 14.7. The number of para-hydroxylation sites is 1. The Bertz CT molecular complexity index is 482. The zero-order chi connectivity index (χ0) is 17.1. The predicted octanol–water partition coefficient (Wildman–Crippen LogP) is 5.28. The molecular weight excluding hydrogens is 315 g/mol. The molecule has 132 valence electrons. The molecule has 0 N–H and O–H groups in total. The second-order valence-electron chi connectivity index (χ2n) is 5.31. The minimum absolute atomic E-state index is 0.340. The quantitative estimate of drug-likeness (QED) is 0.381. The first-order valence-corrected chi connectivity index (χ1v) is 9.97. The Morgan fingerprint density at radius 3 is 2.09 bits per heavy atom. The highest BCUT2D eigenvalue weighted by Gasteiger charge is 2.28. The Hall–Kier alpha value is -1.19. The average molecular weight is 344 g/mol. The number of hydrogen-bond donors (Lipinski definition) is 0. The molecule has 1 rings (SSSR count). The number of methoxy groups -OCH3 is 2. The molecule has 0 bridgehead atoms. The number of unbranched alkanes of at least 4 members (excludes halogenated alkanes) is 3. The van der Waals surface area contributed by atoms with Crippen LogP contribution < -0.4 is 14.0 Å². The van der Waals surface area contributed by atoms with Crippen molar-refractivity contribution in [2.45, 2.75) is 46.0 Å². The zero-order valence-corrected chi connectivity index (χ0v) is 15.6. The summed E-state index contributed by atoms with van der Waals surface area (Å²) in [6.07, 6.45) is 5.10. The lowest BCUT2D eigenvalue weighted by molar-refractivity contribution is 0.251. The van der Waals surface area contributed by atoms with Gasteiger partial charge in [0.1, 0.15) is 0 Å². The molecule has 23 heavy (non-hydrogen) atoms. The van der Waals surface area contributed by atoms with Crippen LogP contribution in [0.3, 0.4) is 0 Å². The smallest absolute Gasteiger partial charge is 0.379 e. The molecule has 6 heteroatoms. The van der Waals surface area contributed by atoms with Gasteiger partial charge in [-0.3, -0.25) is 4.52 Å². The highest BCUT2D eigenvalue weighted by Crippen LogP contribution is 2.53. The third-order valence-electron chi connectivity index (χ3n) is 3.43. The van der Waals surface area contributed by atoms with Crippen molar-refractivity contribution in [1.29, 1.82) is 0 Å². The van der Waals surface area contributed by atoms with E-state index in [0.29, 0.717) is 30.0 Å². The first kappa shape index (κ1) is 19.9. The molecule has 0 saturated heterocycles. The van der Waals surface area contributed by atoms with Crippen molar-refractivity contribution >= 4 is 7.60 Å². The first-order valence-electron chi connectivity index (χ1n) is 8.24. The van der Waals surface area contributed by atoms with Crippen LogP contribution in [0.4, 0.5) is 0 Å². The first-order chi connectivity index (χ1) is 11.1. The van der Waals surface area contributed by atoms with Gasteiger partial charge in [-0.15, -0.1) is 0 Å². The molecule has 0 aliphatic rings. The molecule has 5 nitrogen and oxygen atoms in total. The van der Waals surface area contributed by atoms with Gasteiger partial charge >= 0.3 is 7.60 Å². The van der Waals surface area contributed by atoms with Crippen LogP contribution in [-0.2, 0) is 9.09 Å². The van der Waals surface area contributed by atoms with E-state index < -0.39 is 7.60 Å². The van der Waals surface area contributed by atoms with E-state index in [1.807, 2.05) is 6.92 Å². The van der Waals surface area contributed by atoms with Gasteiger partial charge in [0, 0.05) is 0 Å². The van der Waals surface area contributed by atoms with Gasteiger partial charge in [-0.05, 0) is 25.0 Å². The molecule has 0 aliphatic carbocycles. The molecule has 1 aromatic rings. The maximum absolute atomic E-state index is 13.1. The van der Waals surface area contributed by atoms with Gasteiger partial charge in [-0.1, -0.05) is 39.2 Å². The van der Waals surface area contributed by atoms with E-state index in [4.69, 9.17) is 18.5 Å². The van der Waals surface area contributed by atoms with Crippen LogP contribution in [0, 0.1) is 0 Å². The van der Waals surface area contributed by atoms with Crippen molar-refractivity contribution in [3.05, 3.63) is 18.2 Å². The van der Waals surface area contributed by atoms with Crippen LogP contribution >= 0.6 is 7.60 Å². The normalized spacial score (nSPS) is 13.4. The number of rotatable bonds is 12. The SMILES string of the molecule is CCCCCOP(=O)(CCCC)Oc1c(OC)cccc1OC. The monoisotopic (exact) mass is 344 g/mol. The van der Waals surface area contributed by atoms with E-state index in [2.05, 4.69) is 6.92 Å². The summed E-state index contributed by atoms with van der Waals surface area (Å²) in [5, 5.41) is 0. The van der Waals surface area contributed by atoms with E-state index in [9.17, 15) is 4.57 Å². The molecule has 0 aromatic heterocycles. The van der Waals surface area contributed by atoms with Crippen molar-refractivity contribution < 1.29 is 23.1 Å². The van der Waals surface area contributed by atoms with Gasteiger partial charge in [-0.25, -0.2) is 4.57 Å². The predicted molar refractivity (Wildman–Crippen MR) is 93.0 cm³/mol. The number of benzene rings is 1. The Labute approximate surface area is 139 Å². The molecule has 1 atom stereocenters. The van der Waals surface area contributed by atoms with Crippen LogP contribution in [0.1, 0.15) is 46.0 Å². The second-order valence-corrected chi connectivity index (χ2v) is 7.42. The summed E-state index contributed by atoms with van der Waals surface area (Å²) in [6, 6.07) is 5.29. The summed E-state index contributed by atoms with van der Waals surface area (Å²) in [6.45, 7) is 4.60. The highest BCUT2D eigenvalue weighted by atomic mass is 31.2. The van der Waals surface area contributed by atoms with E-state index in [0.717, 1.165) is 32.1 Å². The van der Waals surface area contributed by atoms with Gasteiger partial charge in [-0.2, -0.15) is 0 Å². The molecule has 0 fully saturated rings. The lowest BCUT2D eigenvalue weighted by Gasteiger charge is -2.22. The molecule has 0 heterocycles. The van der Waals surface area contributed by atoms with Crippen LogP contribution in [0.25, 0.3) is 0 Å². The Morgan fingerprint density at radius 1 is 0.957 bits per heavy atom. The fourth-order valence-corrected chi connectivity index (χ4v) is 3.93. The fourth-order valence-electron chi connectivity index (χ4n) is 2.09. The molecule has 0 saturated carbocycles. The third kappa shape index (κ3) is 6.44. The molecule has 0 spiro atoms. The summed E-state index contributed by atoms with van der Waals surface area (Å²) in [4.78, 5) is 0. The van der Waals surface area contributed by atoms with E-state index in [1.54, 1.807) is 32.4 Å². The van der Waals surface area contributed by atoms with Crippen LogP contribution in [0.5, 0.6) is 17.2 Å². The third-order valence-corrected chi connectivity index (χ3v) is 5.34. The molecule has 0 amide bonds. The molecule has 0 radical (unpaired) electrons. The van der Waals surface area contributed by atoms with Crippen molar-refractivity contribution in [2.24, 2.45) is 0 Å². The Balaban J connectivity index is 2.93. The van der Waals surface area contributed by atoms with Crippen LogP contribution in [0.15, 0.2) is 18.2 Å².